The zero-order valence-corrected chi connectivity index (χ0v) is 11.5. The van der Waals surface area contributed by atoms with Gasteiger partial charge in [0.2, 0.25) is 0 Å². The normalized spacial score (nSPS) is 10.9. The molecule has 0 amide bonds. The minimum Gasteiger partial charge on any atom is -0.481 e. The zero-order chi connectivity index (χ0) is 16.6. The van der Waals surface area contributed by atoms with E-state index in [9.17, 15) is 0 Å². The summed E-state index contributed by atoms with van der Waals surface area (Å²) in [5, 5.41) is 30.9. The van der Waals surface area contributed by atoms with Crippen LogP contribution in [0.15, 0.2) is 0 Å². The number of rotatable bonds is 2. The second kappa shape index (κ2) is 18.6. The van der Waals surface area contributed by atoms with E-state index in [0.717, 1.165) is 20.8 Å². The van der Waals surface area contributed by atoms with E-state index in [0.29, 0.717) is 6.54 Å². The molecule has 0 heterocycles. The number of hydrogen-bond acceptors (Lipinski definition) is 6. The summed E-state index contributed by atoms with van der Waals surface area (Å²) in [6, 6.07) is -0.264. The van der Waals surface area contributed by atoms with E-state index in [-0.39, 0.29) is 6.04 Å². The van der Waals surface area contributed by atoms with Crippen LogP contribution in [0.2, 0.25) is 0 Å². The number of carbonyl (C=O) groups is 3. The molecule has 0 radical (unpaired) electrons. The lowest BCUT2D eigenvalue weighted by molar-refractivity contribution is -0.135. The summed E-state index contributed by atoms with van der Waals surface area (Å²) in [5.41, 5.74) is 10.3. The van der Waals surface area contributed by atoms with Crippen molar-refractivity contribution in [2.75, 3.05) is 6.54 Å². The molecule has 0 rings (SSSR count). The van der Waals surface area contributed by atoms with Crippen molar-refractivity contribution in [3.05, 3.63) is 0 Å². The maximum Gasteiger partial charge on any atom is 0.300 e. The third-order valence-corrected chi connectivity index (χ3v) is 0.892. The molecule has 0 aromatic carbocycles. The van der Waals surface area contributed by atoms with E-state index in [1.54, 1.807) is 6.92 Å². The van der Waals surface area contributed by atoms with Crippen LogP contribution in [0.4, 0.5) is 0 Å². The number of carboxylic acid groups (broad SMARTS) is 3. The van der Waals surface area contributed by atoms with Gasteiger partial charge in [0.15, 0.2) is 0 Å². The molecule has 0 aliphatic rings. The Morgan fingerprint density at radius 1 is 0.947 bits per heavy atom. The van der Waals surface area contributed by atoms with E-state index in [1.165, 1.54) is 0 Å². The van der Waals surface area contributed by atoms with Gasteiger partial charge in [-0.3, -0.25) is 14.4 Å². The van der Waals surface area contributed by atoms with Gasteiger partial charge in [-0.2, -0.15) is 0 Å². The minimum absolute atomic E-state index is 0.264. The lowest BCUT2D eigenvalue weighted by Gasteiger charge is -2.09. The molecular formula is C10H24N2O7. The number of aliphatic carboxylic acids is 3. The van der Waals surface area contributed by atoms with Crippen LogP contribution in [0.25, 0.3) is 0 Å². The quantitative estimate of drug-likeness (QED) is 0.367. The fraction of sp³-hybridized carbons (Fsp3) is 0.700. The summed E-state index contributed by atoms with van der Waals surface area (Å²) in [6.45, 7) is 5.22. The van der Waals surface area contributed by atoms with E-state index in [1.807, 2.05) is 0 Å². The summed E-state index contributed by atoms with van der Waals surface area (Å²) in [6.07, 6.45) is -0.481. The van der Waals surface area contributed by atoms with Crippen molar-refractivity contribution in [1.29, 1.82) is 0 Å². The van der Waals surface area contributed by atoms with Crippen LogP contribution in [-0.4, -0.2) is 57.0 Å². The van der Waals surface area contributed by atoms with Gasteiger partial charge in [0.1, 0.15) is 0 Å². The molecule has 2 unspecified atom stereocenters. The average Bonchev–Trinajstić information content (AvgIpc) is 2.13. The van der Waals surface area contributed by atoms with Crippen LogP contribution in [0, 0.1) is 0 Å². The van der Waals surface area contributed by atoms with Gasteiger partial charge in [0.25, 0.3) is 17.9 Å². The largest absolute Gasteiger partial charge is 0.481 e. The fourth-order valence-electron chi connectivity index (χ4n) is 0.197. The Morgan fingerprint density at radius 3 is 1.11 bits per heavy atom. The first-order valence-corrected chi connectivity index (χ1v) is 5.10. The molecule has 116 valence electrons. The third kappa shape index (κ3) is 181. The molecule has 8 N–H and O–H groups in total. The van der Waals surface area contributed by atoms with Gasteiger partial charge in [-0.15, -0.1) is 0 Å². The second-order valence-corrected chi connectivity index (χ2v) is 3.20. The van der Waals surface area contributed by atoms with E-state index in [4.69, 9.17) is 46.3 Å². The first-order valence-electron chi connectivity index (χ1n) is 5.10. The van der Waals surface area contributed by atoms with Gasteiger partial charge < -0.3 is 31.9 Å². The topological polar surface area (TPSA) is 184 Å². The Hall–Kier alpha value is -1.71. The van der Waals surface area contributed by atoms with Gasteiger partial charge in [-0.1, -0.05) is 0 Å². The Balaban J connectivity index is -0.0000000825. The van der Waals surface area contributed by atoms with Crippen LogP contribution in [-0.2, 0) is 14.4 Å². The van der Waals surface area contributed by atoms with Gasteiger partial charge in [-0.05, 0) is 6.92 Å². The number of aliphatic hydroxyl groups is 1. The number of hydrogen-bond donors (Lipinski definition) is 6. The Kier molecular flexibility index (Phi) is 25.5. The van der Waals surface area contributed by atoms with Crippen molar-refractivity contribution in [3.8, 4) is 0 Å². The van der Waals surface area contributed by atoms with Crippen LogP contribution < -0.4 is 11.5 Å². The first-order chi connectivity index (χ1) is 8.38. The van der Waals surface area contributed by atoms with Crippen molar-refractivity contribution >= 4 is 17.9 Å². The highest BCUT2D eigenvalue weighted by atomic mass is 16.4. The van der Waals surface area contributed by atoms with E-state index >= 15 is 0 Å². The molecule has 0 fully saturated rings. The summed E-state index contributed by atoms with van der Waals surface area (Å²) in [7, 11) is 0. The first kappa shape index (κ1) is 26.0. The molecule has 0 aliphatic heterocycles. The smallest absolute Gasteiger partial charge is 0.300 e. The lowest BCUT2D eigenvalue weighted by atomic mass is 10.2. The average molecular weight is 284 g/mol. The molecule has 0 saturated carbocycles. The van der Waals surface area contributed by atoms with Crippen molar-refractivity contribution in [2.24, 2.45) is 11.5 Å². The molecular weight excluding hydrogens is 260 g/mol. The van der Waals surface area contributed by atoms with Gasteiger partial charge in [0, 0.05) is 33.4 Å². The van der Waals surface area contributed by atoms with Crippen molar-refractivity contribution in [2.45, 2.75) is 39.8 Å². The number of aliphatic hydroxyl groups excluding tert-OH is 1. The monoisotopic (exact) mass is 284 g/mol. The molecule has 19 heavy (non-hydrogen) atoms. The second-order valence-electron chi connectivity index (χ2n) is 3.20. The molecule has 9 heteroatoms. The molecule has 0 spiro atoms. The van der Waals surface area contributed by atoms with Crippen molar-refractivity contribution in [3.63, 3.8) is 0 Å². The molecule has 0 aromatic heterocycles. The van der Waals surface area contributed by atoms with Crippen LogP contribution >= 0.6 is 0 Å². The van der Waals surface area contributed by atoms with Gasteiger partial charge in [-0.25, -0.2) is 0 Å². The van der Waals surface area contributed by atoms with Gasteiger partial charge in [0.05, 0.1) is 6.10 Å². The summed E-state index contributed by atoms with van der Waals surface area (Å²) >= 11 is 0. The maximum atomic E-state index is 9.00. The maximum absolute atomic E-state index is 9.00. The highest BCUT2D eigenvalue weighted by Gasteiger charge is 2.03. The minimum atomic E-state index is -0.833. The van der Waals surface area contributed by atoms with Crippen LogP contribution in [0.1, 0.15) is 27.7 Å². The number of nitrogens with two attached hydrogens (primary N) is 2. The highest BCUT2D eigenvalue weighted by Crippen LogP contribution is 1.81. The molecule has 2 atom stereocenters. The third-order valence-electron chi connectivity index (χ3n) is 0.892. The zero-order valence-electron chi connectivity index (χ0n) is 11.5. The Bertz CT molecular complexity index is 204. The molecule has 0 aliphatic carbocycles. The SMILES string of the molecule is CC(=O)O.CC(=O)O.CC(=O)O.CC(O)C(N)CN. The standard InChI is InChI=1S/C4H12N2O.3C2H4O2/c1-3(7)4(6)2-5;3*1-2(3)4/h3-4,7H,2,5-6H2,1H3;3*1H3,(H,3,4). The lowest BCUT2D eigenvalue weighted by Crippen LogP contribution is -2.39. The van der Waals surface area contributed by atoms with Crippen molar-refractivity contribution < 1.29 is 34.8 Å². The van der Waals surface area contributed by atoms with Crippen LogP contribution in [0.3, 0.4) is 0 Å². The molecule has 9 nitrogen and oxygen atoms in total. The van der Waals surface area contributed by atoms with Crippen LogP contribution in [0.5, 0.6) is 0 Å². The predicted octanol–water partition coefficient (Wildman–Crippen LogP) is -1.07. The summed E-state index contributed by atoms with van der Waals surface area (Å²) < 4.78 is 0. The summed E-state index contributed by atoms with van der Waals surface area (Å²) in [5.74, 6) is -2.50. The Morgan fingerprint density at radius 2 is 1.11 bits per heavy atom. The highest BCUT2D eigenvalue weighted by molar-refractivity contribution is 5.63. The number of carboxylic acids is 3. The molecule has 0 bridgehead atoms. The molecule has 0 aromatic rings. The van der Waals surface area contributed by atoms with E-state index < -0.39 is 24.0 Å². The van der Waals surface area contributed by atoms with E-state index in [2.05, 4.69) is 0 Å². The van der Waals surface area contributed by atoms with Crippen molar-refractivity contribution in [1.82, 2.24) is 0 Å². The Labute approximate surface area is 111 Å². The molecule has 0 saturated heterocycles. The predicted molar refractivity (Wildman–Crippen MR) is 68.6 cm³/mol. The van der Waals surface area contributed by atoms with Gasteiger partial charge >= 0.3 is 0 Å². The summed E-state index contributed by atoms with van der Waals surface area (Å²) in [4.78, 5) is 27.0. The fourth-order valence-corrected chi connectivity index (χ4v) is 0.197.